The molecule has 2 rings (SSSR count). The maximum atomic E-state index is 12.9. The first-order valence-corrected chi connectivity index (χ1v) is 8.05. The van der Waals surface area contributed by atoms with Crippen molar-refractivity contribution in [2.75, 3.05) is 13.7 Å². The first kappa shape index (κ1) is 17.0. The predicted molar refractivity (Wildman–Crippen MR) is 85.0 cm³/mol. The largest absolute Gasteiger partial charge is 0.481 e. The smallest absolute Gasteiger partial charge is 0.305 e. The minimum Gasteiger partial charge on any atom is -0.481 e. The number of halogens is 1. The third kappa shape index (κ3) is 3.52. The fraction of sp³-hybridized carbons (Fsp3) is 0.600. The monoisotopic (exact) mass is 372 g/mol. The second kappa shape index (κ2) is 6.83. The van der Waals surface area contributed by atoms with Gasteiger partial charge in [0.2, 0.25) is 0 Å². The molecule has 0 aliphatic carbocycles. The SMILES string of the molecule is COC1CC(CC(=O)O)N(C(=O)c2cc(Br)cn2C(C)C)C1. The second-order valence-electron chi connectivity index (χ2n) is 5.85. The van der Waals surface area contributed by atoms with Crippen LogP contribution in [0.1, 0.15) is 43.2 Å². The molecule has 122 valence electrons. The van der Waals surface area contributed by atoms with Crippen molar-refractivity contribution in [2.45, 2.75) is 44.9 Å². The molecule has 2 unspecified atom stereocenters. The standard InChI is InChI=1S/C15H21BrN2O4/c1-9(2)17-7-10(16)4-13(17)15(21)18-8-12(22-3)5-11(18)6-14(19)20/h4,7,9,11-12H,5-6,8H2,1-3H3,(H,19,20). The number of amides is 1. The molecule has 0 saturated carbocycles. The third-order valence-corrected chi connectivity index (χ3v) is 4.40. The van der Waals surface area contributed by atoms with Crippen LogP contribution in [0.2, 0.25) is 0 Å². The van der Waals surface area contributed by atoms with E-state index in [9.17, 15) is 9.59 Å². The molecule has 1 aromatic heterocycles. The number of nitrogens with zero attached hydrogens (tertiary/aromatic N) is 2. The molecule has 0 aromatic carbocycles. The summed E-state index contributed by atoms with van der Waals surface area (Å²) in [7, 11) is 1.59. The number of methoxy groups -OCH3 is 1. The molecule has 1 aromatic rings. The minimum absolute atomic E-state index is 0.0604. The lowest BCUT2D eigenvalue weighted by molar-refractivity contribution is -0.138. The molecule has 0 radical (unpaired) electrons. The number of carbonyl (C=O) groups excluding carboxylic acids is 1. The zero-order chi connectivity index (χ0) is 16.4. The number of rotatable bonds is 5. The molecule has 22 heavy (non-hydrogen) atoms. The Morgan fingerprint density at radius 1 is 1.50 bits per heavy atom. The van der Waals surface area contributed by atoms with Gasteiger partial charge in [-0.15, -0.1) is 0 Å². The van der Waals surface area contributed by atoms with Crippen LogP contribution in [0.3, 0.4) is 0 Å². The number of carboxylic acids is 1. The lowest BCUT2D eigenvalue weighted by Gasteiger charge is -2.24. The Kier molecular flexibility index (Phi) is 5.28. The van der Waals surface area contributed by atoms with Gasteiger partial charge >= 0.3 is 5.97 Å². The lowest BCUT2D eigenvalue weighted by atomic mass is 10.1. The molecular weight excluding hydrogens is 352 g/mol. The highest BCUT2D eigenvalue weighted by Crippen LogP contribution is 2.27. The van der Waals surface area contributed by atoms with Crippen molar-refractivity contribution in [1.29, 1.82) is 0 Å². The van der Waals surface area contributed by atoms with E-state index in [4.69, 9.17) is 9.84 Å². The molecule has 1 fully saturated rings. The van der Waals surface area contributed by atoms with Gasteiger partial charge in [-0.05, 0) is 42.3 Å². The Hall–Kier alpha value is -1.34. The normalized spacial score (nSPS) is 21.6. The summed E-state index contributed by atoms with van der Waals surface area (Å²) in [6, 6.07) is 1.59. The van der Waals surface area contributed by atoms with Crippen molar-refractivity contribution >= 4 is 27.8 Å². The quantitative estimate of drug-likeness (QED) is 0.861. The van der Waals surface area contributed by atoms with Gasteiger partial charge in [0, 0.05) is 36.4 Å². The molecule has 2 atom stereocenters. The summed E-state index contributed by atoms with van der Waals surface area (Å²) in [6.45, 7) is 4.42. The number of aliphatic carboxylic acids is 1. The van der Waals surface area contributed by atoms with Crippen LogP contribution >= 0.6 is 15.9 Å². The summed E-state index contributed by atoms with van der Waals surface area (Å²) >= 11 is 3.40. The van der Waals surface area contributed by atoms with E-state index in [2.05, 4.69) is 15.9 Å². The molecule has 0 bridgehead atoms. The molecule has 1 amide bonds. The van der Waals surface area contributed by atoms with Crippen molar-refractivity contribution in [1.82, 2.24) is 9.47 Å². The predicted octanol–water partition coefficient (Wildman–Crippen LogP) is 2.54. The zero-order valence-electron chi connectivity index (χ0n) is 13.0. The maximum Gasteiger partial charge on any atom is 0.305 e. The van der Waals surface area contributed by atoms with E-state index in [0.29, 0.717) is 18.7 Å². The number of carbonyl (C=O) groups is 2. The summed E-state index contributed by atoms with van der Waals surface area (Å²) < 4.78 is 8.05. The molecule has 0 spiro atoms. The fourth-order valence-electron chi connectivity index (χ4n) is 2.88. The van der Waals surface area contributed by atoms with Crippen LogP contribution < -0.4 is 0 Å². The highest BCUT2D eigenvalue weighted by Gasteiger charge is 2.38. The fourth-order valence-corrected chi connectivity index (χ4v) is 3.32. The Bertz CT molecular complexity index is 570. The number of aromatic nitrogens is 1. The van der Waals surface area contributed by atoms with Crippen LogP contribution in [0.15, 0.2) is 16.7 Å². The van der Waals surface area contributed by atoms with Gasteiger partial charge in [0.15, 0.2) is 0 Å². The number of likely N-dealkylation sites (tertiary alicyclic amines) is 1. The molecule has 2 heterocycles. The molecule has 1 aliphatic heterocycles. The van der Waals surface area contributed by atoms with E-state index < -0.39 is 5.97 Å². The molecular formula is C15H21BrN2O4. The first-order valence-electron chi connectivity index (χ1n) is 7.26. The second-order valence-corrected chi connectivity index (χ2v) is 6.76. The van der Waals surface area contributed by atoms with Gasteiger partial charge in [0.05, 0.1) is 12.5 Å². The van der Waals surface area contributed by atoms with Crippen LogP contribution in [0.25, 0.3) is 0 Å². The number of hydrogen-bond donors (Lipinski definition) is 1. The number of ether oxygens (including phenoxy) is 1. The van der Waals surface area contributed by atoms with E-state index in [1.165, 1.54) is 0 Å². The van der Waals surface area contributed by atoms with Gasteiger partial charge in [-0.2, -0.15) is 0 Å². The number of carboxylic acid groups (broad SMARTS) is 1. The van der Waals surface area contributed by atoms with Crippen molar-refractivity contribution in [2.24, 2.45) is 0 Å². The van der Waals surface area contributed by atoms with Crippen molar-refractivity contribution in [3.8, 4) is 0 Å². The van der Waals surface area contributed by atoms with Crippen molar-refractivity contribution in [3.63, 3.8) is 0 Å². The average Bonchev–Trinajstić information content (AvgIpc) is 3.01. The van der Waals surface area contributed by atoms with Crippen LogP contribution in [0.4, 0.5) is 0 Å². The van der Waals surface area contributed by atoms with Gasteiger partial charge in [0.25, 0.3) is 5.91 Å². The van der Waals surface area contributed by atoms with Gasteiger partial charge in [-0.3, -0.25) is 9.59 Å². The van der Waals surface area contributed by atoms with E-state index >= 15 is 0 Å². The average molecular weight is 373 g/mol. The third-order valence-electron chi connectivity index (χ3n) is 3.97. The first-order chi connectivity index (χ1) is 10.3. The maximum absolute atomic E-state index is 12.9. The van der Waals surface area contributed by atoms with Gasteiger partial charge in [-0.25, -0.2) is 0 Å². The lowest BCUT2D eigenvalue weighted by Crippen LogP contribution is -2.38. The summed E-state index contributed by atoms with van der Waals surface area (Å²) in [5.41, 5.74) is 0.564. The molecule has 6 nitrogen and oxygen atoms in total. The summed E-state index contributed by atoms with van der Waals surface area (Å²) in [5.74, 6) is -1.05. The van der Waals surface area contributed by atoms with Crippen LogP contribution in [-0.4, -0.2) is 52.3 Å². The summed E-state index contributed by atoms with van der Waals surface area (Å²) in [6.07, 6.45) is 2.25. The van der Waals surface area contributed by atoms with E-state index in [-0.39, 0.29) is 30.5 Å². The van der Waals surface area contributed by atoms with E-state index in [0.717, 1.165) is 4.47 Å². The highest BCUT2D eigenvalue weighted by atomic mass is 79.9. The van der Waals surface area contributed by atoms with Crippen LogP contribution in [0, 0.1) is 0 Å². The van der Waals surface area contributed by atoms with Crippen molar-refractivity contribution < 1.29 is 19.4 Å². The Morgan fingerprint density at radius 3 is 2.73 bits per heavy atom. The highest BCUT2D eigenvalue weighted by molar-refractivity contribution is 9.10. The minimum atomic E-state index is -0.903. The Labute approximate surface area is 138 Å². The van der Waals surface area contributed by atoms with Crippen LogP contribution in [-0.2, 0) is 9.53 Å². The topological polar surface area (TPSA) is 71.8 Å². The van der Waals surface area contributed by atoms with E-state index in [1.54, 1.807) is 18.1 Å². The van der Waals surface area contributed by atoms with Gasteiger partial charge < -0.3 is 19.3 Å². The van der Waals surface area contributed by atoms with Crippen molar-refractivity contribution in [3.05, 3.63) is 22.4 Å². The van der Waals surface area contributed by atoms with Crippen LogP contribution in [0.5, 0.6) is 0 Å². The molecule has 1 aliphatic rings. The summed E-state index contributed by atoms with van der Waals surface area (Å²) in [4.78, 5) is 25.5. The van der Waals surface area contributed by atoms with Gasteiger partial charge in [0.1, 0.15) is 5.69 Å². The summed E-state index contributed by atoms with van der Waals surface area (Å²) in [5, 5.41) is 9.06. The zero-order valence-corrected chi connectivity index (χ0v) is 14.5. The Balaban J connectivity index is 2.28. The number of hydrogen-bond acceptors (Lipinski definition) is 3. The molecule has 1 saturated heterocycles. The Morgan fingerprint density at radius 2 is 2.18 bits per heavy atom. The van der Waals surface area contributed by atoms with E-state index in [1.807, 2.05) is 24.6 Å². The molecule has 7 heteroatoms. The van der Waals surface area contributed by atoms with Gasteiger partial charge in [-0.1, -0.05) is 0 Å². The molecule has 1 N–H and O–H groups in total.